The van der Waals surface area contributed by atoms with Crippen molar-refractivity contribution in [1.29, 1.82) is 5.26 Å². The van der Waals surface area contributed by atoms with E-state index in [4.69, 9.17) is 9.47 Å². The van der Waals surface area contributed by atoms with E-state index in [1.807, 2.05) is 13.8 Å². The van der Waals surface area contributed by atoms with Gasteiger partial charge in [0.2, 0.25) is 0 Å². The number of anilines is 2. The van der Waals surface area contributed by atoms with Gasteiger partial charge < -0.3 is 14.4 Å². The minimum Gasteiger partial charge on any atom is -0.494 e. The predicted molar refractivity (Wildman–Crippen MR) is 215 cm³/mol. The molecule has 0 saturated carbocycles. The van der Waals surface area contributed by atoms with Crippen molar-refractivity contribution in [2.24, 2.45) is 32.3 Å². The van der Waals surface area contributed by atoms with Crippen LogP contribution in [0.2, 0.25) is 0 Å². The monoisotopic (exact) mass is 805 g/mol. The van der Waals surface area contributed by atoms with Crippen molar-refractivity contribution in [2.75, 3.05) is 29.8 Å². The van der Waals surface area contributed by atoms with Gasteiger partial charge >= 0.3 is 15.5 Å². The van der Waals surface area contributed by atoms with Crippen LogP contribution in [0.25, 0.3) is 0 Å². The second-order valence-electron chi connectivity index (χ2n) is 13.7. The Labute approximate surface area is 328 Å². The summed E-state index contributed by atoms with van der Waals surface area (Å²) in [6, 6.07) is 11.9. The first-order chi connectivity index (χ1) is 26.1. The number of hydrogen-bond acceptors (Lipinski definition) is 11. The van der Waals surface area contributed by atoms with Gasteiger partial charge in [0.15, 0.2) is 5.00 Å². The van der Waals surface area contributed by atoms with E-state index in [1.54, 1.807) is 35.9 Å². The molecule has 11 nitrogen and oxygen atoms in total. The van der Waals surface area contributed by atoms with Crippen molar-refractivity contribution < 1.29 is 31.1 Å². The number of azo groups is 2. The Bertz CT molecular complexity index is 1890. The lowest BCUT2D eigenvalue weighted by Gasteiger charge is -2.34. The Hall–Kier alpha value is -4.23. The number of alkyl halides is 3. The summed E-state index contributed by atoms with van der Waals surface area (Å²) in [5.74, 6) is 1.49. The molecule has 0 spiro atoms. The number of hydrogen-bond donors (Lipinski definition) is 1. The summed E-state index contributed by atoms with van der Waals surface area (Å²) >= 11 is 1.00. The summed E-state index contributed by atoms with van der Waals surface area (Å²) in [4.78, 5) is 2.11. The van der Waals surface area contributed by atoms with Crippen LogP contribution in [-0.2, 0) is 10.0 Å². The largest absolute Gasteiger partial charge is 0.516 e. The third-order valence-corrected chi connectivity index (χ3v) is 11.3. The quantitative estimate of drug-likeness (QED) is 0.100. The van der Waals surface area contributed by atoms with Crippen LogP contribution in [0.3, 0.4) is 0 Å². The number of halogens is 3. The molecule has 0 amide bonds. The molecule has 2 aromatic carbocycles. The summed E-state index contributed by atoms with van der Waals surface area (Å²) in [6.45, 7) is 15.2. The molecule has 0 saturated heterocycles. The Morgan fingerprint density at radius 3 is 2.07 bits per heavy atom. The molecule has 55 heavy (non-hydrogen) atoms. The van der Waals surface area contributed by atoms with Gasteiger partial charge in [0.25, 0.3) is 0 Å². The summed E-state index contributed by atoms with van der Waals surface area (Å²) < 4.78 is 79.8. The van der Waals surface area contributed by atoms with Crippen LogP contribution >= 0.6 is 11.3 Å². The van der Waals surface area contributed by atoms with Gasteiger partial charge in [-0.05, 0) is 63.6 Å². The summed E-state index contributed by atoms with van der Waals surface area (Å²) in [5.41, 5.74) is -4.68. The van der Waals surface area contributed by atoms with Crippen LogP contribution in [-0.4, -0.2) is 40.2 Å². The number of sulfonamides is 1. The van der Waals surface area contributed by atoms with E-state index in [1.165, 1.54) is 19.2 Å². The highest BCUT2D eigenvalue weighted by atomic mass is 32.2. The zero-order chi connectivity index (χ0) is 40.8. The normalized spacial score (nSPS) is 13.4. The van der Waals surface area contributed by atoms with Crippen molar-refractivity contribution in [3.63, 3.8) is 0 Å². The molecule has 0 aliphatic rings. The van der Waals surface area contributed by atoms with E-state index >= 15 is 0 Å². The molecule has 0 aliphatic heterocycles. The number of rotatable bonds is 22. The first-order valence-electron chi connectivity index (χ1n) is 18.8. The van der Waals surface area contributed by atoms with E-state index in [2.05, 4.69) is 59.1 Å². The maximum Gasteiger partial charge on any atom is 0.516 e. The van der Waals surface area contributed by atoms with Gasteiger partial charge in [-0.15, -0.1) is 20.5 Å². The summed E-state index contributed by atoms with van der Waals surface area (Å²) in [6.07, 6.45) is 7.81. The number of nitrogens with one attached hydrogen (secondary N) is 1. The van der Waals surface area contributed by atoms with E-state index in [-0.39, 0.29) is 34.2 Å². The smallest absolute Gasteiger partial charge is 0.494 e. The van der Waals surface area contributed by atoms with Gasteiger partial charge in [-0.3, -0.25) is 4.72 Å². The Balaban J connectivity index is 2.16. The van der Waals surface area contributed by atoms with Crippen LogP contribution in [0.1, 0.15) is 104 Å². The zero-order valence-corrected chi connectivity index (χ0v) is 34.7. The second kappa shape index (κ2) is 21.2. The molecule has 1 aromatic heterocycles. The molecule has 3 rings (SSSR count). The molecule has 1 N–H and O–H groups in total. The molecular weight excluding hydrogens is 752 g/mol. The Kier molecular flexibility index (Phi) is 17.4. The molecule has 0 aliphatic carbocycles. The Morgan fingerprint density at radius 2 is 1.55 bits per heavy atom. The third-order valence-electron chi connectivity index (χ3n) is 9.14. The minimum absolute atomic E-state index is 0.0369. The van der Waals surface area contributed by atoms with Gasteiger partial charge in [-0.2, -0.15) is 26.9 Å². The lowest BCUT2D eigenvalue weighted by Crippen LogP contribution is -2.34. The number of nitrogens with zero attached hydrogens (tertiary/aromatic N) is 6. The highest BCUT2D eigenvalue weighted by Crippen LogP contribution is 2.45. The molecule has 0 radical (unpaired) electrons. The van der Waals surface area contributed by atoms with Crippen LogP contribution in [0.5, 0.6) is 11.5 Å². The predicted octanol–water partition coefficient (Wildman–Crippen LogP) is 13.1. The molecule has 3 aromatic rings. The van der Waals surface area contributed by atoms with Crippen molar-refractivity contribution in [2.45, 2.75) is 111 Å². The van der Waals surface area contributed by atoms with Crippen LogP contribution in [0.4, 0.5) is 45.9 Å². The standard InChI is InChI=1S/C39H54F3N7O4S2/c1-9-13-16-28(11-3)24-49(25-29(12-4)17-14-10-2)35-21-34(48-55(50,51)39(40,41)42)33(22-36(35)52-8)45-47-38-32(23-43)27(7)37(54-38)46-44-30-18-15-19-31(20-30)53-26(5)6/h15,18-22,26,28-29,48H,9-14,16-17,24-25H2,1-8H3. The maximum atomic E-state index is 13.8. The van der Waals surface area contributed by atoms with Gasteiger partial charge in [0.1, 0.15) is 28.3 Å². The number of methoxy groups -OCH3 is 1. The fourth-order valence-corrected chi connectivity index (χ4v) is 7.41. The number of ether oxygens (including phenoxy) is 2. The van der Waals surface area contributed by atoms with Crippen LogP contribution in [0, 0.1) is 30.1 Å². The highest BCUT2D eigenvalue weighted by Gasteiger charge is 2.46. The first kappa shape index (κ1) is 45.2. The molecule has 302 valence electrons. The second-order valence-corrected chi connectivity index (χ2v) is 16.4. The van der Waals surface area contributed by atoms with E-state index in [0.717, 1.165) is 62.7 Å². The SMILES string of the molecule is CCCCC(CC)CN(CC(CC)CCCC)c1cc(NS(=O)(=O)C(F)(F)F)c(N=Nc2sc(N=Nc3cccc(OC(C)C)c3)c(C)c2C#N)cc1OC. The fraction of sp³-hybridized carbons (Fsp3) is 0.564. The number of nitriles is 1. The summed E-state index contributed by atoms with van der Waals surface area (Å²) in [7, 11) is -4.41. The number of thiophene rings is 1. The van der Waals surface area contributed by atoms with Crippen LogP contribution < -0.4 is 19.1 Å². The highest BCUT2D eigenvalue weighted by molar-refractivity contribution is 7.93. The maximum absolute atomic E-state index is 13.8. The number of unbranched alkanes of at least 4 members (excludes halogenated alkanes) is 2. The van der Waals surface area contributed by atoms with Gasteiger partial charge in [0, 0.05) is 30.8 Å². The van der Waals surface area contributed by atoms with Crippen molar-refractivity contribution >= 4 is 54.1 Å². The molecule has 2 atom stereocenters. The fourth-order valence-electron chi connectivity index (χ4n) is 5.94. The lowest BCUT2D eigenvalue weighted by molar-refractivity contribution is -0.0429. The average molecular weight is 806 g/mol. The molecule has 1 heterocycles. The van der Waals surface area contributed by atoms with E-state index in [0.29, 0.717) is 46.5 Å². The van der Waals surface area contributed by atoms with Crippen LogP contribution in [0.15, 0.2) is 56.9 Å². The lowest BCUT2D eigenvalue weighted by atomic mass is 9.95. The van der Waals surface area contributed by atoms with Gasteiger partial charge in [-0.1, -0.05) is 83.6 Å². The average Bonchev–Trinajstić information content (AvgIpc) is 3.45. The first-order valence-corrected chi connectivity index (χ1v) is 21.1. The summed E-state index contributed by atoms with van der Waals surface area (Å²) in [5, 5.41) is 27.6. The molecule has 2 unspecified atom stereocenters. The van der Waals surface area contributed by atoms with Crippen molar-refractivity contribution in [3.05, 3.63) is 47.5 Å². The van der Waals surface area contributed by atoms with E-state index in [9.17, 15) is 26.9 Å². The number of benzene rings is 2. The zero-order valence-electron chi connectivity index (χ0n) is 33.0. The van der Waals surface area contributed by atoms with Gasteiger partial charge in [0.05, 0.1) is 35.8 Å². The third kappa shape index (κ3) is 12.9. The van der Waals surface area contributed by atoms with Crippen molar-refractivity contribution in [1.82, 2.24) is 0 Å². The Morgan fingerprint density at radius 1 is 0.927 bits per heavy atom. The minimum atomic E-state index is -5.85. The van der Waals surface area contributed by atoms with Gasteiger partial charge in [-0.25, -0.2) is 0 Å². The van der Waals surface area contributed by atoms with Crippen molar-refractivity contribution in [3.8, 4) is 17.6 Å². The molecule has 0 fully saturated rings. The molecule has 0 bridgehead atoms. The van der Waals surface area contributed by atoms with E-state index < -0.39 is 21.2 Å². The molecule has 16 heteroatoms. The topological polar surface area (TPSA) is 141 Å². The molecular formula is C39H54F3N7O4S2.